The fraction of sp³-hybridized carbons (Fsp3) is 0.368. The average Bonchev–Trinajstić information content (AvgIpc) is 2.93. The topological polar surface area (TPSA) is 21.3 Å². The number of hydrogen-bond donors (Lipinski definition) is 1. The number of benzene rings is 2. The van der Waals surface area contributed by atoms with Crippen LogP contribution in [0, 0.1) is 0 Å². The molecule has 1 aliphatic rings. The second-order valence-electron chi connectivity index (χ2n) is 6.04. The summed E-state index contributed by atoms with van der Waals surface area (Å²) in [7, 11) is 2.03. The summed E-state index contributed by atoms with van der Waals surface area (Å²) >= 11 is 0. The third-order valence-electron chi connectivity index (χ3n) is 4.41. The Labute approximate surface area is 127 Å². The molecule has 1 N–H and O–H groups in total. The first kappa shape index (κ1) is 14.2. The van der Waals surface area contributed by atoms with Crippen LogP contribution in [0.5, 0.6) is 5.75 Å². The summed E-state index contributed by atoms with van der Waals surface area (Å²) in [5, 5.41) is 3.47. The van der Waals surface area contributed by atoms with Crippen LogP contribution in [-0.2, 0) is 0 Å². The predicted octanol–water partition coefficient (Wildman–Crippen LogP) is 4.25. The zero-order chi connectivity index (χ0) is 14.8. The van der Waals surface area contributed by atoms with Crippen molar-refractivity contribution in [3.05, 3.63) is 65.2 Å². The molecule has 0 radical (unpaired) electrons. The molecule has 0 saturated heterocycles. The van der Waals surface area contributed by atoms with Gasteiger partial charge in [-0.3, -0.25) is 0 Å². The van der Waals surface area contributed by atoms with Crippen LogP contribution in [0.4, 0.5) is 0 Å². The summed E-state index contributed by atoms with van der Waals surface area (Å²) in [5.41, 5.74) is 4.02. The van der Waals surface area contributed by atoms with E-state index in [9.17, 15) is 0 Å². The summed E-state index contributed by atoms with van der Waals surface area (Å²) in [6, 6.07) is 17.6. The van der Waals surface area contributed by atoms with Gasteiger partial charge in [0.1, 0.15) is 5.75 Å². The minimum absolute atomic E-state index is 0.287. The van der Waals surface area contributed by atoms with Crippen molar-refractivity contribution >= 4 is 0 Å². The number of nitrogens with one attached hydrogen (secondary N) is 1. The molecule has 0 amide bonds. The van der Waals surface area contributed by atoms with E-state index in [4.69, 9.17) is 4.74 Å². The van der Waals surface area contributed by atoms with E-state index < -0.39 is 0 Å². The second-order valence-corrected chi connectivity index (χ2v) is 6.04. The number of para-hydroxylation sites is 1. The van der Waals surface area contributed by atoms with E-state index >= 15 is 0 Å². The predicted molar refractivity (Wildman–Crippen MR) is 87.0 cm³/mol. The van der Waals surface area contributed by atoms with Gasteiger partial charge in [0.05, 0.1) is 6.61 Å². The van der Waals surface area contributed by atoms with Crippen molar-refractivity contribution in [3.8, 4) is 5.75 Å². The Morgan fingerprint density at radius 1 is 1.00 bits per heavy atom. The first-order valence-corrected chi connectivity index (χ1v) is 7.69. The van der Waals surface area contributed by atoms with Crippen molar-refractivity contribution in [3.63, 3.8) is 0 Å². The molecule has 2 heteroatoms. The molecule has 0 aliphatic carbocycles. The third-order valence-corrected chi connectivity index (χ3v) is 4.41. The lowest BCUT2D eigenvalue weighted by Gasteiger charge is -2.23. The monoisotopic (exact) mass is 281 g/mol. The molecule has 1 heterocycles. The highest BCUT2D eigenvalue weighted by Gasteiger charge is 2.31. The molecule has 0 fully saturated rings. The fourth-order valence-electron chi connectivity index (χ4n) is 3.15. The fourth-order valence-corrected chi connectivity index (χ4v) is 3.15. The van der Waals surface area contributed by atoms with E-state index in [-0.39, 0.29) is 6.04 Å². The molecule has 0 saturated carbocycles. The normalized spacial score (nSPS) is 18.4. The number of ether oxygens (including phenoxy) is 1. The second kappa shape index (κ2) is 5.90. The van der Waals surface area contributed by atoms with E-state index in [2.05, 4.69) is 61.6 Å². The van der Waals surface area contributed by atoms with Crippen LogP contribution in [0.25, 0.3) is 0 Å². The molecular weight excluding hydrogens is 258 g/mol. The van der Waals surface area contributed by atoms with Crippen molar-refractivity contribution in [2.45, 2.75) is 31.7 Å². The van der Waals surface area contributed by atoms with Crippen molar-refractivity contribution in [1.29, 1.82) is 0 Å². The van der Waals surface area contributed by atoms with Gasteiger partial charge in [-0.15, -0.1) is 0 Å². The molecule has 3 rings (SSSR count). The number of hydrogen-bond acceptors (Lipinski definition) is 2. The van der Waals surface area contributed by atoms with Crippen LogP contribution in [0.1, 0.15) is 48.4 Å². The number of rotatable bonds is 4. The zero-order valence-corrected chi connectivity index (χ0v) is 13.0. The van der Waals surface area contributed by atoms with Gasteiger partial charge < -0.3 is 10.1 Å². The first-order chi connectivity index (χ1) is 10.2. The maximum atomic E-state index is 5.84. The largest absolute Gasteiger partial charge is 0.493 e. The minimum Gasteiger partial charge on any atom is -0.493 e. The van der Waals surface area contributed by atoms with E-state index in [1.165, 1.54) is 16.7 Å². The summed E-state index contributed by atoms with van der Waals surface area (Å²) < 4.78 is 5.84. The van der Waals surface area contributed by atoms with Gasteiger partial charge in [-0.25, -0.2) is 0 Å². The van der Waals surface area contributed by atoms with Crippen molar-refractivity contribution in [2.24, 2.45) is 0 Å². The molecule has 21 heavy (non-hydrogen) atoms. The smallest absolute Gasteiger partial charge is 0.122 e. The van der Waals surface area contributed by atoms with Gasteiger partial charge in [0.25, 0.3) is 0 Å². The van der Waals surface area contributed by atoms with Gasteiger partial charge in [-0.1, -0.05) is 56.3 Å². The lowest BCUT2D eigenvalue weighted by Crippen LogP contribution is -2.24. The van der Waals surface area contributed by atoms with Gasteiger partial charge in [0, 0.05) is 17.5 Å². The Morgan fingerprint density at radius 2 is 1.67 bits per heavy atom. The zero-order valence-electron chi connectivity index (χ0n) is 13.0. The molecule has 0 aromatic heterocycles. The molecule has 2 aromatic rings. The highest BCUT2D eigenvalue weighted by molar-refractivity contribution is 5.42. The van der Waals surface area contributed by atoms with Crippen molar-refractivity contribution in [1.82, 2.24) is 5.32 Å². The Bertz CT molecular complexity index is 603. The molecule has 0 bridgehead atoms. The van der Waals surface area contributed by atoms with E-state index in [0.29, 0.717) is 11.8 Å². The minimum atomic E-state index is 0.287. The van der Waals surface area contributed by atoms with Crippen LogP contribution < -0.4 is 10.1 Å². The van der Waals surface area contributed by atoms with Gasteiger partial charge in [-0.05, 0) is 30.2 Å². The van der Waals surface area contributed by atoms with Crippen LogP contribution in [-0.4, -0.2) is 13.7 Å². The average molecular weight is 281 g/mol. The molecule has 2 unspecified atom stereocenters. The maximum Gasteiger partial charge on any atom is 0.122 e. The standard InChI is InChI=1S/C19H23NO/c1-13(2)14-8-10-15(11-9-14)19(20-3)17-12-21-18-7-5-4-6-16(17)18/h4-11,13,17,19-20H,12H2,1-3H3. The van der Waals surface area contributed by atoms with Crippen molar-refractivity contribution in [2.75, 3.05) is 13.7 Å². The molecule has 0 spiro atoms. The molecule has 2 atom stereocenters. The van der Waals surface area contributed by atoms with Gasteiger partial charge in [0.15, 0.2) is 0 Å². The summed E-state index contributed by atoms with van der Waals surface area (Å²) in [6.07, 6.45) is 0. The molecule has 110 valence electrons. The summed E-state index contributed by atoms with van der Waals surface area (Å²) in [6.45, 7) is 5.20. The van der Waals surface area contributed by atoms with Crippen LogP contribution in [0.15, 0.2) is 48.5 Å². The van der Waals surface area contributed by atoms with Crippen LogP contribution in [0.2, 0.25) is 0 Å². The summed E-state index contributed by atoms with van der Waals surface area (Å²) in [4.78, 5) is 0. The van der Waals surface area contributed by atoms with E-state index in [1.54, 1.807) is 0 Å². The van der Waals surface area contributed by atoms with Crippen LogP contribution in [0.3, 0.4) is 0 Å². The highest BCUT2D eigenvalue weighted by Crippen LogP contribution is 2.41. The Balaban J connectivity index is 1.89. The van der Waals surface area contributed by atoms with Gasteiger partial charge >= 0.3 is 0 Å². The Morgan fingerprint density at radius 3 is 2.33 bits per heavy atom. The van der Waals surface area contributed by atoms with Crippen molar-refractivity contribution < 1.29 is 4.74 Å². The van der Waals surface area contributed by atoms with E-state index in [0.717, 1.165) is 12.4 Å². The number of fused-ring (bicyclic) bond motifs is 1. The van der Waals surface area contributed by atoms with E-state index in [1.807, 2.05) is 13.1 Å². The Hall–Kier alpha value is -1.80. The molecule has 2 aromatic carbocycles. The molecule has 1 aliphatic heterocycles. The summed E-state index contributed by atoms with van der Waals surface area (Å²) in [5.74, 6) is 1.97. The van der Waals surface area contributed by atoms with Gasteiger partial charge in [-0.2, -0.15) is 0 Å². The molecular formula is C19H23NO. The molecule has 2 nitrogen and oxygen atoms in total. The third kappa shape index (κ3) is 2.68. The first-order valence-electron chi connectivity index (χ1n) is 7.69. The number of likely N-dealkylation sites (N-methyl/N-ethyl adjacent to an activating group) is 1. The Kier molecular flexibility index (Phi) is 3.98. The highest BCUT2D eigenvalue weighted by atomic mass is 16.5. The lowest BCUT2D eigenvalue weighted by atomic mass is 9.87. The van der Waals surface area contributed by atoms with Crippen LogP contribution >= 0.6 is 0 Å². The maximum absolute atomic E-state index is 5.84. The van der Waals surface area contributed by atoms with Gasteiger partial charge in [0.2, 0.25) is 0 Å². The SMILES string of the molecule is CNC(c1ccc(C(C)C)cc1)C1COc2ccccc21. The quantitative estimate of drug-likeness (QED) is 0.904. The lowest BCUT2D eigenvalue weighted by molar-refractivity contribution is 0.304.